The normalized spacial score (nSPS) is 12.9. The van der Waals surface area contributed by atoms with E-state index in [1.165, 1.54) is 0 Å². The predicted molar refractivity (Wildman–Crippen MR) is 71.6 cm³/mol. The van der Waals surface area contributed by atoms with Crippen molar-refractivity contribution in [1.29, 1.82) is 0 Å². The lowest BCUT2D eigenvalue weighted by atomic mass is 10.6. The van der Waals surface area contributed by atoms with Crippen LogP contribution < -0.4 is 5.73 Å². The van der Waals surface area contributed by atoms with E-state index in [0.29, 0.717) is 13.2 Å². The Bertz CT molecular complexity index is 141. The van der Waals surface area contributed by atoms with Crippen molar-refractivity contribution in [3.05, 3.63) is 0 Å². The van der Waals surface area contributed by atoms with Gasteiger partial charge in [0.25, 0.3) is 0 Å². The molecule has 106 valence electrons. The van der Waals surface area contributed by atoms with Gasteiger partial charge in [-0.25, -0.2) is 0 Å². The molecular formula is C11H29NO4Si. The fraction of sp³-hybridized carbons (Fsp3) is 1.00. The first-order valence-corrected chi connectivity index (χ1v) is 8.27. The molecule has 1 unspecified atom stereocenters. The van der Waals surface area contributed by atoms with E-state index < -0.39 is 8.80 Å². The molecule has 1 atom stereocenters. The fourth-order valence-electron chi connectivity index (χ4n) is 1.34. The Morgan fingerprint density at radius 2 is 1.53 bits per heavy atom. The predicted octanol–water partition coefficient (Wildman–Crippen LogP) is 1.73. The molecule has 0 saturated heterocycles. The molecule has 0 bridgehead atoms. The number of hydrogen-bond donors (Lipinski definition) is 2. The van der Waals surface area contributed by atoms with E-state index in [9.17, 15) is 0 Å². The van der Waals surface area contributed by atoms with Crippen LogP contribution in [0.15, 0.2) is 0 Å². The monoisotopic (exact) mass is 267 g/mol. The molecule has 0 fully saturated rings. The van der Waals surface area contributed by atoms with Gasteiger partial charge in [-0.3, -0.25) is 0 Å². The Labute approximate surface area is 107 Å². The minimum atomic E-state index is -2.48. The molecule has 0 spiro atoms. The van der Waals surface area contributed by atoms with Crippen LogP contribution >= 0.6 is 0 Å². The Kier molecular flexibility index (Phi) is 14.2. The summed E-state index contributed by atoms with van der Waals surface area (Å²) in [4.78, 5) is 0. The first-order chi connectivity index (χ1) is 8.01. The van der Waals surface area contributed by atoms with Crippen LogP contribution in [0.1, 0.15) is 41.0 Å². The van der Waals surface area contributed by atoms with Crippen molar-refractivity contribution in [1.82, 2.24) is 0 Å². The SMILES string of the molecule is CCC[Si](OCC)(OCC)OC(C)N.CCO. The average Bonchev–Trinajstić information content (AvgIpc) is 2.18. The number of aliphatic hydroxyl groups excluding tert-OH is 1. The van der Waals surface area contributed by atoms with Gasteiger partial charge in [-0.2, -0.15) is 0 Å². The summed E-state index contributed by atoms with van der Waals surface area (Å²) >= 11 is 0. The lowest BCUT2D eigenvalue weighted by Gasteiger charge is -2.30. The van der Waals surface area contributed by atoms with Crippen LogP contribution in [0.5, 0.6) is 0 Å². The molecule has 0 radical (unpaired) electrons. The Morgan fingerprint density at radius 1 is 1.12 bits per heavy atom. The summed E-state index contributed by atoms with van der Waals surface area (Å²) in [6.07, 6.45) is 0.658. The van der Waals surface area contributed by atoms with Crippen molar-refractivity contribution in [2.75, 3.05) is 19.8 Å². The molecule has 0 aliphatic heterocycles. The third-order valence-corrected chi connectivity index (χ3v) is 4.95. The van der Waals surface area contributed by atoms with E-state index in [0.717, 1.165) is 12.5 Å². The Morgan fingerprint density at radius 3 is 1.76 bits per heavy atom. The number of aliphatic hydroxyl groups is 1. The molecular weight excluding hydrogens is 238 g/mol. The van der Waals surface area contributed by atoms with Crippen molar-refractivity contribution in [2.45, 2.75) is 53.3 Å². The second kappa shape index (κ2) is 12.5. The Balaban J connectivity index is 0. The van der Waals surface area contributed by atoms with Crippen LogP contribution in [0.3, 0.4) is 0 Å². The molecule has 0 amide bonds. The number of hydrogen-bond acceptors (Lipinski definition) is 5. The second-order valence-electron chi connectivity index (χ2n) is 3.44. The lowest BCUT2D eigenvalue weighted by molar-refractivity contribution is 0.0404. The van der Waals surface area contributed by atoms with E-state index in [4.69, 9.17) is 24.1 Å². The molecule has 0 aliphatic rings. The molecule has 0 heterocycles. The molecule has 0 aromatic carbocycles. The average molecular weight is 267 g/mol. The van der Waals surface area contributed by atoms with Crippen molar-refractivity contribution < 1.29 is 18.4 Å². The third kappa shape index (κ3) is 10.9. The van der Waals surface area contributed by atoms with Gasteiger partial charge in [0, 0.05) is 25.9 Å². The van der Waals surface area contributed by atoms with E-state index >= 15 is 0 Å². The van der Waals surface area contributed by atoms with Gasteiger partial charge in [0.15, 0.2) is 0 Å². The molecule has 0 aromatic rings. The highest BCUT2D eigenvalue weighted by Gasteiger charge is 2.40. The molecule has 0 saturated carbocycles. The summed E-state index contributed by atoms with van der Waals surface area (Å²) < 4.78 is 16.9. The molecule has 6 heteroatoms. The minimum absolute atomic E-state index is 0.250. The van der Waals surface area contributed by atoms with Gasteiger partial charge in [0.05, 0.1) is 6.23 Å². The van der Waals surface area contributed by atoms with Crippen LogP contribution in [0, 0.1) is 0 Å². The molecule has 0 rings (SSSR count). The second-order valence-corrected chi connectivity index (χ2v) is 6.12. The largest absolute Gasteiger partial charge is 0.502 e. The molecule has 3 N–H and O–H groups in total. The molecule has 0 aromatic heterocycles. The van der Waals surface area contributed by atoms with Crippen LogP contribution in [-0.4, -0.2) is 40.0 Å². The first-order valence-electron chi connectivity index (χ1n) is 6.33. The summed E-state index contributed by atoms with van der Waals surface area (Å²) in [7, 11) is -2.48. The van der Waals surface area contributed by atoms with Crippen LogP contribution in [0.4, 0.5) is 0 Å². The third-order valence-electron chi connectivity index (χ3n) is 1.65. The first kappa shape index (κ1) is 19.4. The zero-order valence-corrected chi connectivity index (χ0v) is 12.9. The smallest absolute Gasteiger partial charge is 0.397 e. The van der Waals surface area contributed by atoms with Gasteiger partial charge in [-0.05, 0) is 27.7 Å². The number of nitrogens with two attached hydrogens (primary N) is 1. The van der Waals surface area contributed by atoms with E-state index in [-0.39, 0.29) is 12.8 Å². The standard InChI is InChI=1S/C9H23NO3Si.C2H6O/c1-5-8-14(11-6-2,12-7-3)13-9(4)10;1-2-3/h9H,5-8,10H2,1-4H3;3H,2H2,1H3. The molecule has 0 aliphatic carbocycles. The van der Waals surface area contributed by atoms with Gasteiger partial charge in [0.1, 0.15) is 0 Å². The van der Waals surface area contributed by atoms with Crippen LogP contribution in [-0.2, 0) is 13.3 Å². The topological polar surface area (TPSA) is 73.9 Å². The highest BCUT2D eigenvalue weighted by molar-refractivity contribution is 6.60. The summed E-state index contributed by atoms with van der Waals surface area (Å²) in [5, 5.41) is 7.57. The summed E-state index contributed by atoms with van der Waals surface area (Å²) in [6, 6.07) is 0.830. The minimum Gasteiger partial charge on any atom is -0.397 e. The van der Waals surface area contributed by atoms with Gasteiger partial charge in [-0.1, -0.05) is 13.3 Å². The molecule has 17 heavy (non-hydrogen) atoms. The molecule has 5 nitrogen and oxygen atoms in total. The maximum atomic E-state index is 7.57. The zero-order valence-electron chi connectivity index (χ0n) is 11.9. The van der Waals surface area contributed by atoms with Crippen molar-refractivity contribution in [3.8, 4) is 0 Å². The zero-order chi connectivity index (χ0) is 13.7. The van der Waals surface area contributed by atoms with Gasteiger partial charge in [-0.15, -0.1) is 0 Å². The fourth-order valence-corrected chi connectivity index (χ4v) is 4.03. The van der Waals surface area contributed by atoms with Crippen molar-refractivity contribution >= 4 is 8.80 Å². The van der Waals surface area contributed by atoms with Gasteiger partial charge < -0.3 is 24.1 Å². The van der Waals surface area contributed by atoms with Crippen molar-refractivity contribution in [3.63, 3.8) is 0 Å². The van der Waals surface area contributed by atoms with E-state index in [1.807, 2.05) is 13.8 Å². The maximum absolute atomic E-state index is 7.57. The van der Waals surface area contributed by atoms with Gasteiger partial charge >= 0.3 is 8.80 Å². The van der Waals surface area contributed by atoms with Gasteiger partial charge in [0.2, 0.25) is 0 Å². The van der Waals surface area contributed by atoms with Crippen LogP contribution in [0.25, 0.3) is 0 Å². The quantitative estimate of drug-likeness (QED) is 0.517. The lowest BCUT2D eigenvalue weighted by Crippen LogP contribution is -2.49. The summed E-state index contributed by atoms with van der Waals surface area (Å²) in [6.45, 7) is 10.9. The maximum Gasteiger partial charge on any atom is 0.502 e. The summed E-state index contributed by atoms with van der Waals surface area (Å²) in [5.74, 6) is 0. The highest BCUT2D eigenvalue weighted by Crippen LogP contribution is 2.18. The highest BCUT2D eigenvalue weighted by atomic mass is 28.4. The van der Waals surface area contributed by atoms with E-state index in [2.05, 4.69) is 6.92 Å². The van der Waals surface area contributed by atoms with Crippen molar-refractivity contribution in [2.24, 2.45) is 5.73 Å². The Hall–Kier alpha value is 0.0169. The number of rotatable bonds is 8. The van der Waals surface area contributed by atoms with E-state index in [1.54, 1.807) is 13.8 Å². The summed E-state index contributed by atoms with van der Waals surface area (Å²) in [5.41, 5.74) is 5.62. The van der Waals surface area contributed by atoms with Crippen LogP contribution in [0.2, 0.25) is 6.04 Å².